The van der Waals surface area contributed by atoms with Gasteiger partial charge >= 0.3 is 11.9 Å². The maximum atomic E-state index is 13.2. The van der Waals surface area contributed by atoms with E-state index < -0.39 is 23.4 Å². The Hall–Kier alpha value is -1.98. The summed E-state index contributed by atoms with van der Waals surface area (Å²) < 4.78 is 26.5. The van der Waals surface area contributed by atoms with E-state index in [0.717, 1.165) is 13.0 Å². The molecule has 0 bridgehead atoms. The highest BCUT2D eigenvalue weighted by Crippen LogP contribution is 2.33. The zero-order chi connectivity index (χ0) is 12.3. The van der Waals surface area contributed by atoms with Gasteiger partial charge in [-0.3, -0.25) is 4.79 Å². The molecule has 0 aliphatic heterocycles. The molecule has 0 aromatic heterocycles. The van der Waals surface area contributed by atoms with Crippen LogP contribution in [0.25, 0.3) is 0 Å². The Bertz CT molecular complexity index is 432. The van der Waals surface area contributed by atoms with E-state index in [2.05, 4.69) is 5.32 Å². The maximum absolute atomic E-state index is 13.2. The maximum Gasteiger partial charge on any atom is 0.379 e. The Morgan fingerprint density at radius 1 is 1.31 bits per heavy atom. The number of carboxylic acids is 1. The van der Waals surface area contributed by atoms with Gasteiger partial charge in [0.25, 0.3) is 0 Å². The number of hydrogen-bond acceptors (Lipinski definition) is 2. The average molecular weight is 229 g/mol. The SMILES string of the molecule is CC(=O)Nc1ccccc1C(F)(F)C(=O)O. The molecule has 2 N–H and O–H groups in total. The zero-order valence-electron chi connectivity index (χ0n) is 8.33. The number of carboxylic acid groups (broad SMARTS) is 1. The van der Waals surface area contributed by atoms with Crippen LogP contribution in [-0.2, 0) is 15.5 Å². The topological polar surface area (TPSA) is 66.4 Å². The lowest BCUT2D eigenvalue weighted by atomic mass is 10.1. The molecule has 0 saturated carbocycles. The van der Waals surface area contributed by atoms with Crippen LogP contribution in [0.15, 0.2) is 24.3 Å². The molecule has 1 aromatic carbocycles. The minimum Gasteiger partial charge on any atom is -0.477 e. The molecule has 0 aliphatic carbocycles. The van der Waals surface area contributed by atoms with E-state index >= 15 is 0 Å². The quantitative estimate of drug-likeness (QED) is 0.830. The van der Waals surface area contributed by atoms with E-state index in [1.54, 1.807) is 0 Å². The predicted molar refractivity (Wildman–Crippen MR) is 52.3 cm³/mol. The van der Waals surface area contributed by atoms with Crippen LogP contribution in [0.2, 0.25) is 0 Å². The van der Waals surface area contributed by atoms with E-state index in [-0.39, 0.29) is 5.69 Å². The van der Waals surface area contributed by atoms with Gasteiger partial charge in [0.05, 0.1) is 11.3 Å². The molecule has 0 aliphatic rings. The van der Waals surface area contributed by atoms with Crippen LogP contribution in [0.4, 0.5) is 14.5 Å². The summed E-state index contributed by atoms with van der Waals surface area (Å²) in [5.74, 6) is -6.84. The molecule has 0 saturated heterocycles. The molecule has 6 heteroatoms. The van der Waals surface area contributed by atoms with Crippen LogP contribution in [0.5, 0.6) is 0 Å². The van der Waals surface area contributed by atoms with Gasteiger partial charge in [0.1, 0.15) is 0 Å². The summed E-state index contributed by atoms with van der Waals surface area (Å²) in [6.45, 7) is 1.15. The summed E-state index contributed by atoms with van der Waals surface area (Å²) >= 11 is 0. The summed E-state index contributed by atoms with van der Waals surface area (Å²) in [6, 6.07) is 4.87. The number of halogens is 2. The van der Waals surface area contributed by atoms with E-state index in [0.29, 0.717) is 0 Å². The molecule has 0 fully saturated rings. The minimum atomic E-state index is -4.03. The Morgan fingerprint density at radius 2 is 1.88 bits per heavy atom. The van der Waals surface area contributed by atoms with Gasteiger partial charge in [-0.05, 0) is 6.07 Å². The second-order valence-electron chi connectivity index (χ2n) is 3.11. The van der Waals surface area contributed by atoms with E-state index in [1.165, 1.54) is 18.2 Å². The first-order valence-corrected chi connectivity index (χ1v) is 4.34. The van der Waals surface area contributed by atoms with Crippen LogP contribution >= 0.6 is 0 Å². The normalized spacial score (nSPS) is 10.9. The molecule has 0 unspecified atom stereocenters. The summed E-state index contributed by atoms with van der Waals surface area (Å²) in [4.78, 5) is 21.2. The van der Waals surface area contributed by atoms with Crippen molar-refractivity contribution in [1.29, 1.82) is 0 Å². The smallest absolute Gasteiger partial charge is 0.379 e. The van der Waals surface area contributed by atoms with E-state index in [4.69, 9.17) is 5.11 Å². The molecule has 86 valence electrons. The number of hydrogen-bond donors (Lipinski definition) is 2. The van der Waals surface area contributed by atoms with Crippen molar-refractivity contribution in [3.05, 3.63) is 29.8 Å². The van der Waals surface area contributed by atoms with Gasteiger partial charge in [0, 0.05) is 6.92 Å². The van der Waals surface area contributed by atoms with Gasteiger partial charge < -0.3 is 10.4 Å². The number of aliphatic carboxylic acids is 1. The summed E-state index contributed by atoms with van der Waals surface area (Å²) in [6.07, 6.45) is 0. The fraction of sp³-hybridized carbons (Fsp3) is 0.200. The standard InChI is InChI=1S/C10H9F2NO3/c1-6(14)13-8-5-3-2-4-7(8)10(11,12)9(15)16/h2-5H,1H3,(H,13,14)(H,15,16). The van der Waals surface area contributed by atoms with Gasteiger partial charge in [-0.1, -0.05) is 18.2 Å². The summed E-state index contributed by atoms with van der Waals surface area (Å²) in [5, 5.41) is 10.5. The number of benzene rings is 1. The average Bonchev–Trinajstić information content (AvgIpc) is 2.17. The molecule has 4 nitrogen and oxygen atoms in total. The minimum absolute atomic E-state index is 0.206. The number of anilines is 1. The molecule has 0 radical (unpaired) electrons. The number of nitrogens with one attached hydrogen (secondary N) is 1. The van der Waals surface area contributed by atoms with Gasteiger partial charge in [0.15, 0.2) is 0 Å². The van der Waals surface area contributed by atoms with Gasteiger partial charge in [-0.15, -0.1) is 0 Å². The molecule has 1 rings (SSSR count). The molecule has 0 heterocycles. The molecule has 0 spiro atoms. The number of carbonyl (C=O) groups excluding carboxylic acids is 1. The van der Waals surface area contributed by atoms with Crippen LogP contribution < -0.4 is 5.32 Å². The zero-order valence-corrected chi connectivity index (χ0v) is 8.33. The van der Waals surface area contributed by atoms with Crippen molar-refractivity contribution in [2.75, 3.05) is 5.32 Å². The van der Waals surface area contributed by atoms with Crippen molar-refractivity contribution in [2.24, 2.45) is 0 Å². The van der Waals surface area contributed by atoms with Gasteiger partial charge in [-0.25, -0.2) is 4.79 Å². The van der Waals surface area contributed by atoms with Crippen molar-refractivity contribution in [3.8, 4) is 0 Å². The molecule has 1 aromatic rings. The van der Waals surface area contributed by atoms with Crippen LogP contribution in [0.3, 0.4) is 0 Å². The van der Waals surface area contributed by atoms with Crippen molar-refractivity contribution < 1.29 is 23.5 Å². The number of carbonyl (C=O) groups is 2. The number of alkyl halides is 2. The monoisotopic (exact) mass is 229 g/mol. The van der Waals surface area contributed by atoms with Crippen LogP contribution in [-0.4, -0.2) is 17.0 Å². The van der Waals surface area contributed by atoms with Crippen molar-refractivity contribution in [2.45, 2.75) is 12.8 Å². The first-order valence-electron chi connectivity index (χ1n) is 4.34. The third kappa shape index (κ3) is 2.33. The lowest BCUT2D eigenvalue weighted by Gasteiger charge is -2.15. The number of rotatable bonds is 3. The highest BCUT2D eigenvalue weighted by molar-refractivity contribution is 5.91. The second kappa shape index (κ2) is 4.26. The Morgan fingerprint density at radius 3 is 2.38 bits per heavy atom. The molecular formula is C10H9F2NO3. The fourth-order valence-corrected chi connectivity index (χ4v) is 1.17. The van der Waals surface area contributed by atoms with Gasteiger partial charge in [0.2, 0.25) is 5.91 Å². The third-order valence-electron chi connectivity index (χ3n) is 1.84. The van der Waals surface area contributed by atoms with Crippen LogP contribution in [0, 0.1) is 0 Å². The molecule has 0 atom stereocenters. The number of para-hydroxylation sites is 1. The highest BCUT2D eigenvalue weighted by atomic mass is 19.3. The van der Waals surface area contributed by atoms with Crippen molar-refractivity contribution in [1.82, 2.24) is 0 Å². The summed E-state index contributed by atoms with van der Waals surface area (Å²) in [5.41, 5.74) is -0.944. The predicted octanol–water partition coefficient (Wildman–Crippen LogP) is 1.82. The van der Waals surface area contributed by atoms with E-state index in [1.807, 2.05) is 0 Å². The van der Waals surface area contributed by atoms with Crippen molar-refractivity contribution >= 4 is 17.6 Å². The lowest BCUT2D eigenvalue weighted by Crippen LogP contribution is -2.27. The van der Waals surface area contributed by atoms with E-state index in [9.17, 15) is 18.4 Å². The first-order chi connectivity index (χ1) is 7.35. The third-order valence-corrected chi connectivity index (χ3v) is 1.84. The fourth-order valence-electron chi connectivity index (χ4n) is 1.17. The Balaban J connectivity index is 3.22. The second-order valence-corrected chi connectivity index (χ2v) is 3.11. The Kier molecular flexibility index (Phi) is 3.22. The largest absolute Gasteiger partial charge is 0.477 e. The number of amides is 1. The summed E-state index contributed by atoms with van der Waals surface area (Å²) in [7, 11) is 0. The molecular weight excluding hydrogens is 220 g/mol. The highest BCUT2D eigenvalue weighted by Gasteiger charge is 2.42. The Labute approximate surface area is 89.9 Å². The van der Waals surface area contributed by atoms with Crippen LogP contribution in [0.1, 0.15) is 12.5 Å². The van der Waals surface area contributed by atoms with Crippen molar-refractivity contribution in [3.63, 3.8) is 0 Å². The molecule has 1 amide bonds. The molecule has 16 heavy (non-hydrogen) atoms. The van der Waals surface area contributed by atoms with Gasteiger partial charge in [-0.2, -0.15) is 8.78 Å². The first kappa shape index (κ1) is 12.1. The lowest BCUT2D eigenvalue weighted by molar-refractivity contribution is -0.166.